The summed E-state index contributed by atoms with van der Waals surface area (Å²) in [7, 11) is 0. The van der Waals surface area contributed by atoms with Gasteiger partial charge in [0.1, 0.15) is 0 Å². The maximum Gasteiger partial charge on any atom is 0.227 e. The molecule has 0 saturated carbocycles. The Morgan fingerprint density at radius 2 is 2.25 bits per heavy atom. The number of ketones is 1. The molecule has 1 aromatic rings. The number of Topliss-reactive ketones (excluding diaryl/α,β-unsaturated/α-hetero) is 1. The predicted molar refractivity (Wildman–Crippen MR) is 63.2 cm³/mol. The lowest BCUT2D eigenvalue weighted by atomic mass is 10.0. The Morgan fingerprint density at radius 1 is 1.44 bits per heavy atom. The summed E-state index contributed by atoms with van der Waals surface area (Å²) in [6.45, 7) is 2.54. The van der Waals surface area contributed by atoms with Gasteiger partial charge in [-0.2, -0.15) is 0 Å². The van der Waals surface area contributed by atoms with Gasteiger partial charge in [-0.25, -0.2) is 0 Å². The quantitative estimate of drug-likeness (QED) is 0.611. The van der Waals surface area contributed by atoms with Crippen molar-refractivity contribution in [2.45, 2.75) is 19.8 Å². The topological polar surface area (TPSA) is 52.3 Å². The molecule has 0 aromatic heterocycles. The molecule has 0 unspecified atom stereocenters. The van der Waals surface area contributed by atoms with Gasteiger partial charge >= 0.3 is 0 Å². The van der Waals surface area contributed by atoms with Gasteiger partial charge in [0.2, 0.25) is 5.78 Å². The fraction of sp³-hybridized carbons (Fsp3) is 0.308. The van der Waals surface area contributed by atoms with Crippen LogP contribution in [0.2, 0.25) is 0 Å². The zero-order valence-corrected chi connectivity index (χ0v) is 9.32. The second-order valence-corrected chi connectivity index (χ2v) is 3.96. The van der Waals surface area contributed by atoms with E-state index in [1.165, 1.54) is 0 Å². The lowest BCUT2D eigenvalue weighted by Gasteiger charge is -2.14. The normalized spacial score (nSPS) is 15.2. The van der Waals surface area contributed by atoms with Crippen molar-refractivity contribution in [1.29, 1.82) is 0 Å². The molecule has 1 heterocycles. The molecule has 1 aromatic carbocycles. The van der Waals surface area contributed by atoms with Crippen molar-refractivity contribution in [1.82, 2.24) is 0 Å². The second kappa shape index (κ2) is 4.39. The fourth-order valence-corrected chi connectivity index (χ4v) is 1.64. The van der Waals surface area contributed by atoms with Gasteiger partial charge in [-0.15, -0.1) is 0 Å². The predicted octanol–water partition coefficient (Wildman–Crippen LogP) is 2.45. The standard InChI is InChI=1S/C13H15NO2/c1-9-5-6-10(8-11(9)14)13(15)12-4-2-3-7-16-12/h4-6,8H,2-3,7,14H2,1H3. The minimum absolute atomic E-state index is 0.0774. The lowest BCUT2D eigenvalue weighted by Crippen LogP contribution is -2.11. The number of carbonyl (C=O) groups excluding carboxylic acids is 1. The summed E-state index contributed by atoms with van der Waals surface area (Å²) in [6, 6.07) is 5.34. The zero-order chi connectivity index (χ0) is 11.5. The van der Waals surface area contributed by atoms with Crippen LogP contribution in [0, 0.1) is 6.92 Å². The second-order valence-electron chi connectivity index (χ2n) is 3.96. The average molecular weight is 217 g/mol. The monoisotopic (exact) mass is 217 g/mol. The number of nitrogens with two attached hydrogens (primary N) is 1. The van der Waals surface area contributed by atoms with E-state index in [9.17, 15) is 4.79 Å². The summed E-state index contributed by atoms with van der Waals surface area (Å²) in [4.78, 5) is 12.0. The van der Waals surface area contributed by atoms with Crippen LogP contribution in [0.15, 0.2) is 30.0 Å². The van der Waals surface area contributed by atoms with Gasteiger partial charge in [-0.05, 0) is 37.5 Å². The van der Waals surface area contributed by atoms with Crippen molar-refractivity contribution in [3.63, 3.8) is 0 Å². The summed E-state index contributed by atoms with van der Waals surface area (Å²) in [5, 5.41) is 0. The first-order valence-corrected chi connectivity index (χ1v) is 5.42. The summed E-state index contributed by atoms with van der Waals surface area (Å²) < 4.78 is 5.34. The molecule has 1 aliphatic rings. The molecule has 0 bridgehead atoms. The van der Waals surface area contributed by atoms with Crippen LogP contribution in [0.3, 0.4) is 0 Å². The van der Waals surface area contributed by atoms with Gasteiger partial charge in [-0.3, -0.25) is 4.79 Å². The first kappa shape index (κ1) is 10.7. The van der Waals surface area contributed by atoms with E-state index < -0.39 is 0 Å². The molecule has 0 aliphatic carbocycles. The number of ether oxygens (including phenoxy) is 1. The molecular weight excluding hydrogens is 202 g/mol. The minimum atomic E-state index is -0.0774. The van der Waals surface area contributed by atoms with Gasteiger partial charge in [0.15, 0.2) is 5.76 Å². The van der Waals surface area contributed by atoms with E-state index in [4.69, 9.17) is 10.5 Å². The number of benzene rings is 1. The molecule has 16 heavy (non-hydrogen) atoms. The molecule has 0 atom stereocenters. The SMILES string of the molecule is Cc1ccc(C(=O)C2=CCCCO2)cc1N. The molecule has 3 nitrogen and oxygen atoms in total. The number of nitrogen functional groups attached to an aromatic ring is 1. The molecule has 0 spiro atoms. The Morgan fingerprint density at radius 3 is 2.88 bits per heavy atom. The average Bonchev–Trinajstić information content (AvgIpc) is 2.33. The van der Waals surface area contributed by atoms with Crippen LogP contribution in [-0.2, 0) is 4.74 Å². The number of hydrogen-bond donors (Lipinski definition) is 1. The largest absolute Gasteiger partial charge is 0.490 e. The summed E-state index contributed by atoms with van der Waals surface area (Å²) >= 11 is 0. The molecule has 2 N–H and O–H groups in total. The van der Waals surface area contributed by atoms with Crippen molar-refractivity contribution < 1.29 is 9.53 Å². The summed E-state index contributed by atoms with van der Waals surface area (Å²) in [5.41, 5.74) is 7.99. The zero-order valence-electron chi connectivity index (χ0n) is 9.32. The van der Waals surface area contributed by atoms with Crippen LogP contribution >= 0.6 is 0 Å². The number of allylic oxidation sites excluding steroid dienone is 2. The van der Waals surface area contributed by atoms with Crippen molar-refractivity contribution in [3.05, 3.63) is 41.2 Å². The van der Waals surface area contributed by atoms with Gasteiger partial charge in [0.05, 0.1) is 6.61 Å². The molecule has 0 fully saturated rings. The Balaban J connectivity index is 2.26. The molecule has 0 amide bonds. The molecule has 3 heteroatoms. The van der Waals surface area contributed by atoms with Crippen LogP contribution in [-0.4, -0.2) is 12.4 Å². The van der Waals surface area contributed by atoms with E-state index in [2.05, 4.69) is 0 Å². The number of hydrogen-bond acceptors (Lipinski definition) is 3. The fourth-order valence-electron chi connectivity index (χ4n) is 1.64. The van der Waals surface area contributed by atoms with Crippen LogP contribution in [0.4, 0.5) is 5.69 Å². The van der Waals surface area contributed by atoms with E-state index in [0.29, 0.717) is 23.6 Å². The minimum Gasteiger partial charge on any atom is -0.490 e. The third-order valence-electron chi connectivity index (χ3n) is 2.70. The van der Waals surface area contributed by atoms with E-state index in [-0.39, 0.29) is 5.78 Å². The lowest BCUT2D eigenvalue weighted by molar-refractivity contribution is 0.0899. The first-order valence-electron chi connectivity index (χ1n) is 5.42. The molecule has 0 radical (unpaired) electrons. The molecule has 84 valence electrons. The number of rotatable bonds is 2. The van der Waals surface area contributed by atoms with Crippen molar-refractivity contribution in [2.75, 3.05) is 12.3 Å². The Labute approximate surface area is 94.9 Å². The first-order chi connectivity index (χ1) is 7.68. The third-order valence-corrected chi connectivity index (χ3v) is 2.70. The molecule has 2 rings (SSSR count). The van der Waals surface area contributed by atoms with Gasteiger partial charge in [-0.1, -0.05) is 12.1 Å². The van der Waals surface area contributed by atoms with Crippen LogP contribution < -0.4 is 5.73 Å². The van der Waals surface area contributed by atoms with Crippen molar-refractivity contribution in [3.8, 4) is 0 Å². The Kier molecular flexibility index (Phi) is 2.95. The van der Waals surface area contributed by atoms with E-state index in [1.54, 1.807) is 12.1 Å². The molecule has 0 saturated heterocycles. The third kappa shape index (κ3) is 2.08. The van der Waals surface area contributed by atoms with E-state index in [1.807, 2.05) is 19.1 Å². The van der Waals surface area contributed by atoms with Crippen molar-refractivity contribution in [2.24, 2.45) is 0 Å². The summed E-state index contributed by atoms with van der Waals surface area (Å²) in [5.74, 6) is 0.376. The van der Waals surface area contributed by atoms with Gasteiger partial charge < -0.3 is 10.5 Å². The van der Waals surface area contributed by atoms with E-state index in [0.717, 1.165) is 18.4 Å². The van der Waals surface area contributed by atoms with Gasteiger partial charge in [0.25, 0.3) is 0 Å². The van der Waals surface area contributed by atoms with Crippen molar-refractivity contribution >= 4 is 11.5 Å². The highest BCUT2D eigenvalue weighted by Gasteiger charge is 2.16. The maximum atomic E-state index is 12.0. The smallest absolute Gasteiger partial charge is 0.227 e. The Hall–Kier alpha value is -1.77. The number of aryl methyl sites for hydroxylation is 1. The summed E-state index contributed by atoms with van der Waals surface area (Å²) in [6.07, 6.45) is 3.73. The molecule has 1 aliphatic heterocycles. The maximum absolute atomic E-state index is 12.0. The van der Waals surface area contributed by atoms with Crippen LogP contribution in [0.1, 0.15) is 28.8 Å². The molecular formula is C13H15NO2. The highest BCUT2D eigenvalue weighted by molar-refractivity contribution is 6.07. The Bertz CT molecular complexity index is 449. The van der Waals surface area contributed by atoms with Crippen LogP contribution in [0.25, 0.3) is 0 Å². The number of anilines is 1. The van der Waals surface area contributed by atoms with Gasteiger partial charge in [0, 0.05) is 11.3 Å². The number of carbonyl (C=O) groups is 1. The van der Waals surface area contributed by atoms with E-state index >= 15 is 0 Å². The highest BCUT2D eigenvalue weighted by atomic mass is 16.5. The van der Waals surface area contributed by atoms with Crippen LogP contribution in [0.5, 0.6) is 0 Å². The highest BCUT2D eigenvalue weighted by Crippen LogP contribution is 2.19.